The number of likely N-dealkylation sites (tertiary alicyclic amines) is 1. The molecule has 2 aromatic rings. The fourth-order valence-corrected chi connectivity index (χ4v) is 3.86. The zero-order valence-corrected chi connectivity index (χ0v) is 16.2. The molecule has 0 radical (unpaired) electrons. The smallest absolute Gasteiger partial charge is 0.410 e. The molecule has 0 aromatic carbocycles. The second-order valence-electron chi connectivity index (χ2n) is 8.44. The minimum atomic E-state index is -0.504. The standard InChI is InChI=1S/C19H27N5O3/c1-19(2,3)27-18(26)23-8-4-5-12(11-23)15-9-16-21-14-6-7-20-10-13(14)17(25)24(16)22-15/h9,12,20,22H,4-8,10-11H2,1-3H3/t12-/m0/s1. The molecule has 27 heavy (non-hydrogen) atoms. The molecule has 0 unspecified atom stereocenters. The summed E-state index contributed by atoms with van der Waals surface area (Å²) < 4.78 is 7.04. The van der Waals surface area contributed by atoms with Gasteiger partial charge in [0.25, 0.3) is 5.56 Å². The van der Waals surface area contributed by atoms with Crippen molar-refractivity contribution in [2.24, 2.45) is 0 Å². The van der Waals surface area contributed by atoms with Gasteiger partial charge in [-0.2, -0.15) is 0 Å². The molecule has 0 spiro atoms. The number of amides is 1. The van der Waals surface area contributed by atoms with Crippen LogP contribution < -0.4 is 10.9 Å². The van der Waals surface area contributed by atoms with Gasteiger partial charge in [0.15, 0.2) is 5.65 Å². The summed E-state index contributed by atoms with van der Waals surface area (Å²) in [6.45, 7) is 8.31. The normalized spacial score (nSPS) is 20.6. The molecule has 0 saturated carbocycles. The first kappa shape index (κ1) is 18.0. The van der Waals surface area contributed by atoms with Crippen LogP contribution in [0.4, 0.5) is 4.79 Å². The molecule has 1 amide bonds. The Balaban J connectivity index is 1.59. The Hall–Kier alpha value is -2.35. The molecule has 0 aliphatic carbocycles. The van der Waals surface area contributed by atoms with Crippen LogP contribution in [0, 0.1) is 0 Å². The Labute approximate surface area is 157 Å². The van der Waals surface area contributed by atoms with E-state index in [1.807, 2.05) is 26.8 Å². The number of hydrogen-bond acceptors (Lipinski definition) is 5. The van der Waals surface area contributed by atoms with Crippen LogP contribution in [0.5, 0.6) is 0 Å². The molecule has 1 fully saturated rings. The first-order valence-electron chi connectivity index (χ1n) is 9.64. The molecule has 2 N–H and O–H groups in total. The van der Waals surface area contributed by atoms with Crippen molar-refractivity contribution in [2.75, 3.05) is 19.6 Å². The maximum Gasteiger partial charge on any atom is 0.410 e. The van der Waals surface area contributed by atoms with Gasteiger partial charge in [-0.15, -0.1) is 0 Å². The Morgan fingerprint density at radius 2 is 2.19 bits per heavy atom. The van der Waals surface area contributed by atoms with E-state index in [0.29, 0.717) is 25.3 Å². The molecule has 8 heteroatoms. The molecule has 2 aromatic heterocycles. The topological polar surface area (TPSA) is 91.7 Å². The van der Waals surface area contributed by atoms with Gasteiger partial charge >= 0.3 is 6.09 Å². The van der Waals surface area contributed by atoms with E-state index in [1.165, 1.54) is 4.52 Å². The summed E-state index contributed by atoms with van der Waals surface area (Å²) in [7, 11) is 0. The van der Waals surface area contributed by atoms with Crippen LogP contribution in [0.15, 0.2) is 10.9 Å². The van der Waals surface area contributed by atoms with Crippen LogP contribution in [-0.4, -0.2) is 50.8 Å². The first-order chi connectivity index (χ1) is 12.8. The number of nitrogens with one attached hydrogen (secondary N) is 2. The molecule has 4 heterocycles. The number of nitrogens with zero attached hydrogens (tertiary/aromatic N) is 3. The summed E-state index contributed by atoms with van der Waals surface area (Å²) in [5.41, 5.74) is 2.70. The van der Waals surface area contributed by atoms with Gasteiger partial charge in [-0.25, -0.2) is 14.3 Å². The van der Waals surface area contributed by atoms with Crippen molar-refractivity contribution in [3.05, 3.63) is 33.4 Å². The molecule has 4 rings (SSSR count). The number of fused-ring (bicyclic) bond motifs is 2. The monoisotopic (exact) mass is 373 g/mol. The summed E-state index contributed by atoms with van der Waals surface area (Å²) in [5, 5.41) is 6.45. The first-order valence-corrected chi connectivity index (χ1v) is 9.64. The minimum absolute atomic E-state index is 0.0340. The van der Waals surface area contributed by atoms with Gasteiger partial charge in [0.1, 0.15) is 5.60 Å². The van der Waals surface area contributed by atoms with Crippen molar-refractivity contribution in [3.63, 3.8) is 0 Å². The lowest BCUT2D eigenvalue weighted by Gasteiger charge is -2.33. The highest BCUT2D eigenvalue weighted by Crippen LogP contribution is 2.27. The van der Waals surface area contributed by atoms with Crippen molar-refractivity contribution < 1.29 is 9.53 Å². The number of aromatic nitrogens is 3. The lowest BCUT2D eigenvalue weighted by Crippen LogP contribution is -2.42. The fraction of sp³-hybridized carbons (Fsp3) is 0.632. The minimum Gasteiger partial charge on any atom is -0.444 e. The molecule has 146 valence electrons. The summed E-state index contributed by atoms with van der Waals surface area (Å²) >= 11 is 0. The van der Waals surface area contributed by atoms with Crippen molar-refractivity contribution >= 4 is 11.7 Å². The van der Waals surface area contributed by atoms with E-state index in [1.54, 1.807) is 4.90 Å². The third-order valence-corrected chi connectivity index (χ3v) is 5.17. The maximum absolute atomic E-state index is 12.8. The van der Waals surface area contributed by atoms with Crippen molar-refractivity contribution in [3.8, 4) is 0 Å². The van der Waals surface area contributed by atoms with Gasteiger partial charge in [0, 0.05) is 50.3 Å². The Bertz CT molecular complexity index is 924. The highest BCUT2D eigenvalue weighted by atomic mass is 16.6. The van der Waals surface area contributed by atoms with Crippen LogP contribution in [0.25, 0.3) is 5.65 Å². The Kier molecular flexibility index (Phi) is 4.46. The van der Waals surface area contributed by atoms with Crippen LogP contribution in [0.1, 0.15) is 56.5 Å². The SMILES string of the molecule is CC(C)(C)OC(=O)N1CCC[C@H](c2cc3nc4c(c(=O)n3[nH]2)CNCC4)C1. The largest absolute Gasteiger partial charge is 0.444 e. The predicted octanol–water partition coefficient (Wildman–Crippen LogP) is 1.78. The number of aromatic amines is 1. The molecule has 2 aliphatic heterocycles. The zero-order chi connectivity index (χ0) is 19.2. The number of hydrogen-bond donors (Lipinski definition) is 2. The van der Waals surface area contributed by atoms with Crippen LogP contribution >= 0.6 is 0 Å². The Morgan fingerprint density at radius 1 is 1.37 bits per heavy atom. The quantitative estimate of drug-likeness (QED) is 0.795. The van der Waals surface area contributed by atoms with Gasteiger partial charge in [0.05, 0.1) is 11.3 Å². The van der Waals surface area contributed by atoms with Gasteiger partial charge in [0.2, 0.25) is 0 Å². The van der Waals surface area contributed by atoms with Crippen LogP contribution in [0.2, 0.25) is 0 Å². The molecule has 1 saturated heterocycles. The molecule has 8 nitrogen and oxygen atoms in total. The van der Waals surface area contributed by atoms with Crippen LogP contribution in [0.3, 0.4) is 0 Å². The summed E-state index contributed by atoms with van der Waals surface area (Å²) in [4.78, 5) is 31.6. The van der Waals surface area contributed by atoms with E-state index in [-0.39, 0.29) is 17.6 Å². The lowest BCUT2D eigenvalue weighted by molar-refractivity contribution is 0.0197. The molecular formula is C19H27N5O3. The van der Waals surface area contributed by atoms with E-state index in [0.717, 1.165) is 42.8 Å². The number of carbonyl (C=O) groups excluding carboxylic acids is 1. The van der Waals surface area contributed by atoms with Crippen molar-refractivity contribution in [2.45, 2.75) is 58.1 Å². The Morgan fingerprint density at radius 3 is 2.96 bits per heavy atom. The van der Waals surface area contributed by atoms with Gasteiger partial charge < -0.3 is 15.0 Å². The summed E-state index contributed by atoms with van der Waals surface area (Å²) in [5.74, 6) is 0.141. The fourth-order valence-electron chi connectivity index (χ4n) is 3.86. The number of ether oxygens (including phenoxy) is 1. The van der Waals surface area contributed by atoms with Crippen LogP contribution in [-0.2, 0) is 17.7 Å². The third-order valence-electron chi connectivity index (χ3n) is 5.17. The van der Waals surface area contributed by atoms with Crippen molar-refractivity contribution in [1.82, 2.24) is 24.8 Å². The number of H-pyrrole nitrogens is 1. The number of piperidine rings is 1. The third kappa shape index (κ3) is 3.58. The van der Waals surface area contributed by atoms with E-state index in [4.69, 9.17) is 4.74 Å². The van der Waals surface area contributed by atoms with Gasteiger partial charge in [-0.3, -0.25) is 9.89 Å². The van der Waals surface area contributed by atoms with Gasteiger partial charge in [-0.1, -0.05) is 0 Å². The highest BCUT2D eigenvalue weighted by molar-refractivity contribution is 5.68. The zero-order valence-electron chi connectivity index (χ0n) is 16.2. The average molecular weight is 373 g/mol. The number of rotatable bonds is 1. The molecule has 1 atom stereocenters. The van der Waals surface area contributed by atoms with E-state index in [9.17, 15) is 9.59 Å². The molecule has 2 aliphatic rings. The molecular weight excluding hydrogens is 346 g/mol. The second kappa shape index (κ2) is 6.67. The van der Waals surface area contributed by atoms with E-state index >= 15 is 0 Å². The van der Waals surface area contributed by atoms with Crippen molar-refractivity contribution in [1.29, 1.82) is 0 Å². The van der Waals surface area contributed by atoms with E-state index < -0.39 is 5.60 Å². The molecule has 0 bridgehead atoms. The summed E-state index contributed by atoms with van der Waals surface area (Å²) in [6.07, 6.45) is 2.36. The maximum atomic E-state index is 12.8. The second-order valence-corrected chi connectivity index (χ2v) is 8.44. The predicted molar refractivity (Wildman–Crippen MR) is 101 cm³/mol. The van der Waals surface area contributed by atoms with E-state index in [2.05, 4.69) is 15.4 Å². The number of carbonyl (C=O) groups is 1. The lowest BCUT2D eigenvalue weighted by atomic mass is 9.95. The highest BCUT2D eigenvalue weighted by Gasteiger charge is 2.29. The summed E-state index contributed by atoms with van der Waals surface area (Å²) in [6, 6.07) is 1.95. The average Bonchev–Trinajstić information content (AvgIpc) is 3.05. The van der Waals surface area contributed by atoms with Gasteiger partial charge in [-0.05, 0) is 33.6 Å².